The third-order valence-electron chi connectivity index (χ3n) is 5.08. The molecular weight excluding hydrogens is 356 g/mol. The summed E-state index contributed by atoms with van der Waals surface area (Å²) in [4.78, 5) is 16.3. The van der Waals surface area contributed by atoms with Crippen LogP contribution in [0.4, 0.5) is 0 Å². The fourth-order valence-electron chi connectivity index (χ4n) is 3.72. The van der Waals surface area contributed by atoms with E-state index in [9.17, 15) is 13.2 Å². The van der Waals surface area contributed by atoms with Gasteiger partial charge in [-0.15, -0.1) is 0 Å². The van der Waals surface area contributed by atoms with Gasteiger partial charge in [0.15, 0.2) is 6.10 Å². The molecule has 26 heavy (non-hydrogen) atoms. The number of nitrogens with zero attached hydrogens (tertiary/aromatic N) is 3. The first kappa shape index (κ1) is 17.2. The van der Waals surface area contributed by atoms with Crippen molar-refractivity contribution in [3.63, 3.8) is 0 Å². The van der Waals surface area contributed by atoms with E-state index in [-0.39, 0.29) is 18.0 Å². The van der Waals surface area contributed by atoms with Crippen molar-refractivity contribution in [2.75, 3.05) is 13.1 Å². The molecule has 9 heteroatoms. The zero-order valence-electron chi connectivity index (χ0n) is 14.1. The number of aromatic nitrogens is 2. The number of imidazole rings is 1. The number of ether oxygens (including phenoxy) is 1. The Balaban J connectivity index is 1.59. The third kappa shape index (κ3) is 2.72. The largest absolute Gasteiger partial charge is 0.367 e. The Morgan fingerprint density at radius 2 is 1.92 bits per heavy atom. The normalized spacial score (nSPS) is 22.8. The fourth-order valence-corrected chi connectivity index (χ4v) is 5.18. The first-order valence-corrected chi connectivity index (χ1v) is 9.90. The molecule has 4 rings (SSSR count). The van der Waals surface area contributed by atoms with E-state index in [1.807, 2.05) is 4.57 Å². The maximum Gasteiger partial charge on any atom is 0.248 e. The lowest BCUT2D eigenvalue weighted by atomic mass is 9.89. The van der Waals surface area contributed by atoms with Crippen LogP contribution in [0.2, 0.25) is 0 Å². The van der Waals surface area contributed by atoms with Gasteiger partial charge in [0.1, 0.15) is 11.4 Å². The van der Waals surface area contributed by atoms with Crippen molar-refractivity contribution < 1.29 is 17.9 Å². The summed E-state index contributed by atoms with van der Waals surface area (Å²) in [6.45, 7) is 0.906. The topological polar surface area (TPSA) is 108 Å². The first-order valence-electron chi connectivity index (χ1n) is 8.46. The fraction of sp³-hybridized carbons (Fsp3) is 0.412. The van der Waals surface area contributed by atoms with Crippen molar-refractivity contribution in [1.29, 1.82) is 0 Å². The van der Waals surface area contributed by atoms with Gasteiger partial charge in [-0.2, -0.15) is 4.31 Å². The predicted molar refractivity (Wildman–Crippen MR) is 92.4 cm³/mol. The Hall–Kier alpha value is -2.23. The number of nitrogens with two attached hydrogens (primary N) is 1. The molecule has 2 aliphatic heterocycles. The number of fused-ring (bicyclic) bond motifs is 2. The number of piperidine rings is 1. The van der Waals surface area contributed by atoms with Crippen LogP contribution < -0.4 is 5.73 Å². The maximum atomic E-state index is 12.8. The SMILES string of the molecule is NC(=O)[C@H]1Cn2ccnc2C2(CCN(S(=O)(=O)c3ccccc3)CC2)O1. The van der Waals surface area contributed by atoms with Gasteiger partial charge >= 0.3 is 0 Å². The summed E-state index contributed by atoms with van der Waals surface area (Å²) in [5.41, 5.74) is 4.66. The molecule has 0 aliphatic carbocycles. The van der Waals surface area contributed by atoms with Crippen LogP contribution >= 0.6 is 0 Å². The average Bonchev–Trinajstić information content (AvgIpc) is 3.12. The second kappa shape index (κ2) is 6.19. The summed E-state index contributed by atoms with van der Waals surface area (Å²) < 4.78 is 35.0. The minimum absolute atomic E-state index is 0.275. The van der Waals surface area contributed by atoms with Crippen molar-refractivity contribution in [1.82, 2.24) is 13.9 Å². The Morgan fingerprint density at radius 3 is 2.58 bits per heavy atom. The number of hydrogen-bond donors (Lipinski definition) is 1. The van der Waals surface area contributed by atoms with Gasteiger partial charge < -0.3 is 15.0 Å². The number of sulfonamides is 1. The molecule has 1 fully saturated rings. The average molecular weight is 376 g/mol. The second-order valence-electron chi connectivity index (χ2n) is 6.62. The first-order chi connectivity index (χ1) is 12.4. The minimum Gasteiger partial charge on any atom is -0.367 e. The lowest BCUT2D eigenvalue weighted by molar-refractivity contribution is -0.168. The van der Waals surface area contributed by atoms with Crippen molar-refractivity contribution in [3.8, 4) is 0 Å². The second-order valence-corrected chi connectivity index (χ2v) is 8.56. The molecule has 0 saturated carbocycles. The highest BCUT2D eigenvalue weighted by molar-refractivity contribution is 7.89. The van der Waals surface area contributed by atoms with Gasteiger partial charge in [-0.25, -0.2) is 13.4 Å². The molecule has 0 bridgehead atoms. The van der Waals surface area contributed by atoms with E-state index < -0.39 is 27.6 Å². The zero-order valence-corrected chi connectivity index (χ0v) is 14.9. The Kier molecular flexibility index (Phi) is 4.09. The number of amides is 1. The van der Waals surface area contributed by atoms with Crippen molar-refractivity contribution in [2.45, 2.75) is 36.0 Å². The molecule has 1 atom stereocenters. The van der Waals surface area contributed by atoms with Crippen LogP contribution in [0.5, 0.6) is 0 Å². The van der Waals surface area contributed by atoms with E-state index in [4.69, 9.17) is 10.5 Å². The Bertz CT molecular complexity index is 917. The number of rotatable bonds is 3. The summed E-state index contributed by atoms with van der Waals surface area (Å²) in [6, 6.07) is 8.37. The molecule has 0 radical (unpaired) electrons. The van der Waals surface area contributed by atoms with Gasteiger partial charge in [0.2, 0.25) is 15.9 Å². The summed E-state index contributed by atoms with van der Waals surface area (Å²) in [7, 11) is -3.55. The van der Waals surface area contributed by atoms with Crippen molar-refractivity contribution in [3.05, 3.63) is 48.5 Å². The van der Waals surface area contributed by atoms with E-state index >= 15 is 0 Å². The quantitative estimate of drug-likeness (QED) is 0.837. The molecular formula is C17H20N4O4S. The summed E-state index contributed by atoms with van der Waals surface area (Å²) in [5.74, 6) is 0.204. The van der Waals surface area contributed by atoms with E-state index in [0.29, 0.717) is 19.4 Å². The summed E-state index contributed by atoms with van der Waals surface area (Å²) in [6.07, 6.45) is 3.55. The van der Waals surface area contributed by atoms with Crippen molar-refractivity contribution >= 4 is 15.9 Å². The van der Waals surface area contributed by atoms with Gasteiger partial charge in [-0.05, 0) is 25.0 Å². The lowest BCUT2D eigenvalue weighted by Crippen LogP contribution is -2.54. The van der Waals surface area contributed by atoms with Gasteiger partial charge in [0.05, 0.1) is 11.4 Å². The standard InChI is InChI=1S/C17H20N4O4S/c18-15(22)14-12-20-11-8-19-16(20)17(25-14)6-9-21(10-7-17)26(23,24)13-4-2-1-3-5-13/h1-5,8,11,14H,6-7,9-10,12H2,(H2,18,22)/t14-/m1/s1. The van der Waals surface area contributed by atoms with E-state index in [0.717, 1.165) is 5.82 Å². The highest BCUT2D eigenvalue weighted by atomic mass is 32.2. The number of hydrogen-bond acceptors (Lipinski definition) is 5. The zero-order chi connectivity index (χ0) is 18.4. The van der Waals surface area contributed by atoms with E-state index in [2.05, 4.69) is 4.98 Å². The molecule has 2 aromatic rings. The smallest absolute Gasteiger partial charge is 0.248 e. The van der Waals surface area contributed by atoms with Crippen LogP contribution in [-0.4, -0.2) is 47.4 Å². The van der Waals surface area contributed by atoms with Crippen LogP contribution in [0.1, 0.15) is 18.7 Å². The Labute approximate surface area is 151 Å². The molecule has 1 aromatic carbocycles. The number of benzene rings is 1. The van der Waals surface area contributed by atoms with Gasteiger partial charge in [-0.1, -0.05) is 18.2 Å². The van der Waals surface area contributed by atoms with Gasteiger partial charge in [0.25, 0.3) is 0 Å². The van der Waals surface area contributed by atoms with Crippen LogP contribution in [0, 0.1) is 0 Å². The molecule has 2 aliphatic rings. The molecule has 138 valence electrons. The molecule has 1 aromatic heterocycles. The van der Waals surface area contributed by atoms with E-state index in [1.54, 1.807) is 42.7 Å². The van der Waals surface area contributed by atoms with Gasteiger partial charge in [0, 0.05) is 25.5 Å². The van der Waals surface area contributed by atoms with Crippen LogP contribution in [0.15, 0.2) is 47.6 Å². The van der Waals surface area contributed by atoms with Crippen LogP contribution in [0.3, 0.4) is 0 Å². The van der Waals surface area contributed by atoms with Gasteiger partial charge in [-0.3, -0.25) is 4.79 Å². The Morgan fingerprint density at radius 1 is 1.23 bits per heavy atom. The minimum atomic E-state index is -3.55. The molecule has 8 nitrogen and oxygen atoms in total. The number of carbonyl (C=O) groups excluding carboxylic acids is 1. The highest BCUT2D eigenvalue weighted by Crippen LogP contribution is 2.41. The monoisotopic (exact) mass is 376 g/mol. The molecule has 1 saturated heterocycles. The van der Waals surface area contributed by atoms with Crippen molar-refractivity contribution in [2.24, 2.45) is 5.73 Å². The molecule has 1 amide bonds. The van der Waals surface area contributed by atoms with Crippen LogP contribution in [0.25, 0.3) is 0 Å². The molecule has 2 N–H and O–H groups in total. The number of carbonyl (C=O) groups is 1. The van der Waals surface area contributed by atoms with Crippen LogP contribution in [-0.2, 0) is 31.7 Å². The molecule has 3 heterocycles. The summed E-state index contributed by atoms with van der Waals surface area (Å²) >= 11 is 0. The summed E-state index contributed by atoms with van der Waals surface area (Å²) in [5, 5.41) is 0. The molecule has 0 unspecified atom stereocenters. The molecule has 1 spiro atoms. The highest BCUT2D eigenvalue weighted by Gasteiger charge is 2.48. The maximum absolute atomic E-state index is 12.8. The number of primary amides is 1. The predicted octanol–water partition coefficient (Wildman–Crippen LogP) is 0.447. The van der Waals surface area contributed by atoms with E-state index in [1.165, 1.54) is 4.31 Å². The third-order valence-corrected chi connectivity index (χ3v) is 6.99. The lowest BCUT2D eigenvalue weighted by Gasteiger charge is -2.44.